The first-order valence-corrected chi connectivity index (χ1v) is 10.4. The molecular formula is C18H16Cl2N2O4S. The van der Waals surface area contributed by atoms with Gasteiger partial charge in [0.15, 0.2) is 0 Å². The number of carbonyl (C=O) groups excluding carboxylic acids is 2. The van der Waals surface area contributed by atoms with Crippen molar-refractivity contribution in [3.05, 3.63) is 57.1 Å². The second-order valence-corrected chi connectivity index (χ2v) is 9.03. The van der Waals surface area contributed by atoms with Crippen LogP contribution >= 0.6 is 23.2 Å². The number of nitrogens with zero attached hydrogens (tertiary/aromatic N) is 1. The van der Waals surface area contributed by atoms with Gasteiger partial charge in [0, 0.05) is 12.0 Å². The van der Waals surface area contributed by atoms with Crippen LogP contribution in [0, 0.1) is 13.8 Å². The number of sulfonamides is 1. The molecule has 0 atom stereocenters. The fourth-order valence-corrected chi connectivity index (χ4v) is 5.01. The van der Waals surface area contributed by atoms with Crippen LogP contribution in [0.3, 0.4) is 0 Å². The van der Waals surface area contributed by atoms with E-state index >= 15 is 0 Å². The van der Waals surface area contributed by atoms with Gasteiger partial charge in [0.2, 0.25) is 15.9 Å². The molecule has 0 radical (unpaired) electrons. The van der Waals surface area contributed by atoms with E-state index in [1.807, 2.05) is 19.9 Å². The Hall–Kier alpha value is -2.09. The smallest absolute Gasteiger partial charge is 0.255 e. The number of carbonyl (C=O) groups is 2. The molecule has 0 aromatic heterocycles. The molecule has 6 nitrogen and oxygen atoms in total. The van der Waals surface area contributed by atoms with Gasteiger partial charge in [-0.15, -0.1) is 0 Å². The van der Waals surface area contributed by atoms with Gasteiger partial charge in [-0.05, 0) is 49.2 Å². The SMILES string of the molecule is Cc1cc(C)c(NC(=O)c2ccc(Cl)c(N3C(=O)CCS3(=O)=O)c2)c(Cl)c1. The molecule has 0 aliphatic carbocycles. The molecule has 0 bridgehead atoms. The highest BCUT2D eigenvalue weighted by molar-refractivity contribution is 7.94. The second-order valence-electron chi connectivity index (χ2n) is 6.28. The quantitative estimate of drug-likeness (QED) is 0.805. The molecular weight excluding hydrogens is 411 g/mol. The average molecular weight is 427 g/mol. The number of halogens is 2. The lowest BCUT2D eigenvalue weighted by molar-refractivity contribution is -0.116. The third kappa shape index (κ3) is 3.81. The Morgan fingerprint density at radius 3 is 2.41 bits per heavy atom. The predicted molar refractivity (Wildman–Crippen MR) is 106 cm³/mol. The molecule has 9 heteroatoms. The zero-order chi connectivity index (χ0) is 19.9. The maximum Gasteiger partial charge on any atom is 0.255 e. The third-order valence-electron chi connectivity index (χ3n) is 4.18. The van der Waals surface area contributed by atoms with Crippen LogP contribution < -0.4 is 9.62 Å². The fourth-order valence-electron chi connectivity index (χ4n) is 2.92. The van der Waals surface area contributed by atoms with E-state index in [1.165, 1.54) is 18.2 Å². The topological polar surface area (TPSA) is 83.6 Å². The number of hydrogen-bond acceptors (Lipinski definition) is 4. The van der Waals surface area contributed by atoms with E-state index in [0.29, 0.717) is 15.0 Å². The third-order valence-corrected chi connectivity index (χ3v) is 6.47. The summed E-state index contributed by atoms with van der Waals surface area (Å²) < 4.78 is 25.0. The van der Waals surface area contributed by atoms with Crippen molar-refractivity contribution in [2.24, 2.45) is 0 Å². The van der Waals surface area contributed by atoms with Gasteiger partial charge in [0.1, 0.15) is 0 Å². The van der Waals surface area contributed by atoms with E-state index in [2.05, 4.69) is 5.32 Å². The maximum absolute atomic E-state index is 12.7. The maximum atomic E-state index is 12.7. The average Bonchev–Trinajstić information content (AvgIpc) is 2.84. The number of hydrogen-bond donors (Lipinski definition) is 1. The summed E-state index contributed by atoms with van der Waals surface area (Å²) in [5, 5.41) is 3.18. The molecule has 3 rings (SSSR count). The number of nitrogens with one attached hydrogen (secondary N) is 1. The zero-order valence-electron chi connectivity index (χ0n) is 14.5. The Labute approximate surface area is 167 Å². The summed E-state index contributed by atoms with van der Waals surface area (Å²) in [6, 6.07) is 7.73. The molecule has 1 N–H and O–H groups in total. The highest BCUT2D eigenvalue weighted by Gasteiger charge is 2.37. The van der Waals surface area contributed by atoms with Gasteiger partial charge in [-0.25, -0.2) is 12.7 Å². The van der Waals surface area contributed by atoms with Crippen molar-refractivity contribution in [1.82, 2.24) is 0 Å². The molecule has 0 spiro atoms. The molecule has 27 heavy (non-hydrogen) atoms. The summed E-state index contributed by atoms with van der Waals surface area (Å²) in [5.41, 5.74) is 2.34. The summed E-state index contributed by atoms with van der Waals surface area (Å²) >= 11 is 12.3. The first kappa shape index (κ1) is 19.7. The van der Waals surface area contributed by atoms with E-state index in [1.54, 1.807) is 6.07 Å². The zero-order valence-corrected chi connectivity index (χ0v) is 16.9. The van der Waals surface area contributed by atoms with E-state index < -0.39 is 21.8 Å². The predicted octanol–water partition coefficient (Wildman–Crippen LogP) is 3.93. The van der Waals surface area contributed by atoms with Crippen LogP contribution in [0.5, 0.6) is 0 Å². The molecule has 2 aromatic carbocycles. The highest BCUT2D eigenvalue weighted by Crippen LogP contribution is 2.33. The van der Waals surface area contributed by atoms with Crippen molar-refractivity contribution in [3.63, 3.8) is 0 Å². The number of benzene rings is 2. The number of anilines is 2. The van der Waals surface area contributed by atoms with Crippen LogP contribution in [0.2, 0.25) is 10.0 Å². The van der Waals surface area contributed by atoms with Crippen molar-refractivity contribution < 1.29 is 18.0 Å². The van der Waals surface area contributed by atoms with Crippen molar-refractivity contribution in [2.45, 2.75) is 20.3 Å². The Balaban J connectivity index is 1.97. The standard InChI is InChI=1S/C18H16Cl2N2O4S/c1-10-7-11(2)17(14(20)8-10)21-18(24)12-3-4-13(19)15(9-12)22-16(23)5-6-27(22,25)26/h3-4,7-9H,5-6H2,1-2H3,(H,21,24). The molecule has 1 fully saturated rings. The Bertz CT molecular complexity index is 1040. The molecule has 0 unspecified atom stereocenters. The van der Waals surface area contributed by atoms with Crippen LogP contribution in [0.4, 0.5) is 11.4 Å². The van der Waals surface area contributed by atoms with E-state index in [0.717, 1.165) is 11.1 Å². The van der Waals surface area contributed by atoms with Crippen LogP contribution in [0.25, 0.3) is 0 Å². The minimum absolute atomic E-state index is 0.0291. The normalized spacial score (nSPS) is 15.9. The summed E-state index contributed by atoms with van der Waals surface area (Å²) in [6.45, 7) is 3.71. The van der Waals surface area contributed by atoms with Crippen LogP contribution in [-0.2, 0) is 14.8 Å². The summed E-state index contributed by atoms with van der Waals surface area (Å²) in [4.78, 5) is 24.7. The lowest BCUT2D eigenvalue weighted by atomic mass is 10.1. The van der Waals surface area contributed by atoms with Gasteiger partial charge in [-0.2, -0.15) is 0 Å². The Morgan fingerprint density at radius 1 is 1.11 bits per heavy atom. The van der Waals surface area contributed by atoms with E-state index in [-0.39, 0.29) is 28.4 Å². The number of amides is 2. The molecule has 0 saturated carbocycles. The fraction of sp³-hybridized carbons (Fsp3) is 0.222. The molecule has 1 aliphatic heterocycles. The molecule has 2 aromatic rings. The number of rotatable bonds is 3. The summed E-state index contributed by atoms with van der Waals surface area (Å²) in [6.07, 6.45) is -0.118. The van der Waals surface area contributed by atoms with Crippen molar-refractivity contribution in [1.29, 1.82) is 0 Å². The molecule has 142 valence electrons. The summed E-state index contributed by atoms with van der Waals surface area (Å²) in [7, 11) is -3.78. The van der Waals surface area contributed by atoms with Crippen molar-refractivity contribution >= 4 is 56.4 Å². The van der Waals surface area contributed by atoms with Gasteiger partial charge in [0.05, 0.1) is 27.2 Å². The molecule has 1 saturated heterocycles. The van der Waals surface area contributed by atoms with Gasteiger partial charge < -0.3 is 5.32 Å². The van der Waals surface area contributed by atoms with Crippen LogP contribution in [-0.4, -0.2) is 26.0 Å². The first-order chi connectivity index (χ1) is 12.6. The minimum atomic E-state index is -3.78. The highest BCUT2D eigenvalue weighted by atomic mass is 35.5. The van der Waals surface area contributed by atoms with Crippen LogP contribution in [0.15, 0.2) is 30.3 Å². The van der Waals surface area contributed by atoms with Gasteiger partial charge >= 0.3 is 0 Å². The largest absolute Gasteiger partial charge is 0.320 e. The van der Waals surface area contributed by atoms with Gasteiger partial charge in [-0.3, -0.25) is 9.59 Å². The molecule has 1 aliphatic rings. The first-order valence-electron chi connectivity index (χ1n) is 8.03. The molecule has 1 heterocycles. The van der Waals surface area contributed by atoms with Crippen LogP contribution in [0.1, 0.15) is 27.9 Å². The number of aryl methyl sites for hydroxylation is 2. The Kier molecular flexibility index (Phi) is 5.20. The molecule has 2 amide bonds. The lowest BCUT2D eigenvalue weighted by Gasteiger charge is -2.18. The monoisotopic (exact) mass is 426 g/mol. The van der Waals surface area contributed by atoms with Crippen molar-refractivity contribution in [2.75, 3.05) is 15.4 Å². The second kappa shape index (κ2) is 7.14. The Morgan fingerprint density at radius 2 is 1.81 bits per heavy atom. The van der Waals surface area contributed by atoms with Crippen molar-refractivity contribution in [3.8, 4) is 0 Å². The van der Waals surface area contributed by atoms with Gasteiger partial charge in [-0.1, -0.05) is 29.3 Å². The lowest BCUT2D eigenvalue weighted by Crippen LogP contribution is -2.30. The minimum Gasteiger partial charge on any atom is -0.320 e. The van der Waals surface area contributed by atoms with Gasteiger partial charge in [0.25, 0.3) is 5.91 Å². The van der Waals surface area contributed by atoms with E-state index in [4.69, 9.17) is 23.2 Å². The van der Waals surface area contributed by atoms with E-state index in [9.17, 15) is 18.0 Å². The summed E-state index contributed by atoms with van der Waals surface area (Å²) in [5.74, 6) is -1.35.